The maximum Gasteiger partial charge on any atom is 0.322 e. The number of carbonyl (C=O) groups is 3. The maximum absolute atomic E-state index is 12.3. The number of rotatable bonds is 6. The summed E-state index contributed by atoms with van der Waals surface area (Å²) in [5.41, 5.74) is 1.55. The highest BCUT2D eigenvalue weighted by Crippen LogP contribution is 2.15. The topological polar surface area (TPSA) is 113 Å². The molecule has 8 heteroatoms. The Morgan fingerprint density at radius 2 is 1.81 bits per heavy atom. The monoisotopic (exact) mass is 358 g/mol. The van der Waals surface area contributed by atoms with Gasteiger partial charge in [0.1, 0.15) is 6.54 Å². The molecule has 138 valence electrons. The van der Waals surface area contributed by atoms with Gasteiger partial charge < -0.3 is 15.7 Å². The number of amides is 2. The average molecular weight is 358 g/mol. The van der Waals surface area contributed by atoms with Gasteiger partial charge >= 0.3 is 5.97 Å². The SMILES string of the molecule is CC(C)(C)n1cc(C(=O)Nc2ccc(CC(=O)NCC(=O)O)cc2)cn1. The third-order valence-corrected chi connectivity index (χ3v) is 3.55. The number of hydrogen-bond acceptors (Lipinski definition) is 4. The molecule has 2 rings (SSSR count). The number of aromatic nitrogens is 2. The number of hydrogen-bond donors (Lipinski definition) is 3. The van der Waals surface area contributed by atoms with E-state index in [1.165, 1.54) is 6.20 Å². The van der Waals surface area contributed by atoms with E-state index in [9.17, 15) is 14.4 Å². The van der Waals surface area contributed by atoms with Crippen LogP contribution >= 0.6 is 0 Å². The van der Waals surface area contributed by atoms with Crippen molar-refractivity contribution < 1.29 is 19.5 Å². The van der Waals surface area contributed by atoms with Gasteiger partial charge in [0.15, 0.2) is 0 Å². The lowest BCUT2D eigenvalue weighted by atomic mass is 10.1. The summed E-state index contributed by atoms with van der Waals surface area (Å²) in [4.78, 5) is 34.3. The zero-order valence-corrected chi connectivity index (χ0v) is 14.9. The fourth-order valence-electron chi connectivity index (χ4n) is 2.14. The van der Waals surface area contributed by atoms with Crippen LogP contribution in [0, 0.1) is 0 Å². The van der Waals surface area contributed by atoms with Gasteiger partial charge in [0.05, 0.1) is 23.7 Å². The minimum absolute atomic E-state index is 0.0693. The van der Waals surface area contributed by atoms with Crippen LogP contribution in [0.25, 0.3) is 0 Å². The van der Waals surface area contributed by atoms with Crippen molar-refractivity contribution in [2.45, 2.75) is 32.7 Å². The molecule has 26 heavy (non-hydrogen) atoms. The normalized spacial score (nSPS) is 11.0. The minimum atomic E-state index is -1.09. The van der Waals surface area contributed by atoms with Crippen LogP contribution in [-0.4, -0.2) is 39.2 Å². The maximum atomic E-state index is 12.3. The molecule has 0 atom stereocenters. The van der Waals surface area contributed by atoms with Crippen molar-refractivity contribution >= 4 is 23.5 Å². The van der Waals surface area contributed by atoms with Gasteiger partial charge in [0.2, 0.25) is 5.91 Å². The number of nitrogens with one attached hydrogen (secondary N) is 2. The van der Waals surface area contributed by atoms with Crippen LogP contribution in [0.4, 0.5) is 5.69 Å². The summed E-state index contributed by atoms with van der Waals surface area (Å²) in [6, 6.07) is 6.78. The fraction of sp³-hybridized carbons (Fsp3) is 0.333. The molecule has 0 spiro atoms. The first-order chi connectivity index (χ1) is 12.1. The van der Waals surface area contributed by atoms with E-state index in [0.29, 0.717) is 16.8 Å². The first kappa shape index (κ1) is 19.2. The summed E-state index contributed by atoms with van der Waals surface area (Å²) in [7, 11) is 0. The first-order valence-corrected chi connectivity index (χ1v) is 8.09. The van der Waals surface area contributed by atoms with E-state index < -0.39 is 12.5 Å². The van der Waals surface area contributed by atoms with Crippen LogP contribution in [0.5, 0.6) is 0 Å². The molecule has 3 N–H and O–H groups in total. The lowest BCUT2D eigenvalue weighted by Crippen LogP contribution is -2.30. The summed E-state index contributed by atoms with van der Waals surface area (Å²) < 4.78 is 1.72. The number of nitrogens with zero attached hydrogens (tertiary/aromatic N) is 2. The summed E-state index contributed by atoms with van der Waals surface area (Å²) in [6.45, 7) is 5.57. The number of aliphatic carboxylic acids is 1. The minimum Gasteiger partial charge on any atom is -0.480 e. The van der Waals surface area contributed by atoms with Crippen molar-refractivity contribution in [2.75, 3.05) is 11.9 Å². The molecule has 0 aliphatic rings. The van der Waals surface area contributed by atoms with E-state index in [1.807, 2.05) is 20.8 Å². The van der Waals surface area contributed by atoms with Gasteiger partial charge in [-0.1, -0.05) is 12.1 Å². The van der Waals surface area contributed by atoms with Gasteiger partial charge in [-0.05, 0) is 38.5 Å². The second kappa shape index (κ2) is 7.81. The van der Waals surface area contributed by atoms with Crippen molar-refractivity contribution in [3.63, 3.8) is 0 Å². The van der Waals surface area contributed by atoms with Crippen LogP contribution in [0.2, 0.25) is 0 Å². The number of carboxylic acid groups (broad SMARTS) is 1. The highest BCUT2D eigenvalue weighted by Gasteiger charge is 2.17. The van der Waals surface area contributed by atoms with Gasteiger partial charge in [0, 0.05) is 11.9 Å². The van der Waals surface area contributed by atoms with Crippen molar-refractivity contribution in [2.24, 2.45) is 0 Å². The second-order valence-electron chi connectivity index (χ2n) is 6.84. The largest absolute Gasteiger partial charge is 0.480 e. The van der Waals surface area contributed by atoms with E-state index in [2.05, 4.69) is 15.7 Å². The smallest absolute Gasteiger partial charge is 0.322 e. The third kappa shape index (κ3) is 5.44. The number of benzene rings is 1. The van der Waals surface area contributed by atoms with E-state index in [1.54, 1.807) is 35.1 Å². The molecular weight excluding hydrogens is 336 g/mol. The Labute approximate surface area is 151 Å². The summed E-state index contributed by atoms with van der Waals surface area (Å²) in [6.07, 6.45) is 3.28. The fourth-order valence-corrected chi connectivity index (χ4v) is 2.14. The molecular formula is C18H22N4O4. The molecule has 0 saturated heterocycles. The lowest BCUT2D eigenvalue weighted by Gasteiger charge is -2.18. The predicted octanol–water partition coefficient (Wildman–Crippen LogP) is 1.63. The molecule has 0 aliphatic carbocycles. The molecule has 0 unspecified atom stereocenters. The Morgan fingerprint density at radius 1 is 1.15 bits per heavy atom. The molecule has 8 nitrogen and oxygen atoms in total. The lowest BCUT2D eigenvalue weighted by molar-refractivity contribution is -0.137. The van der Waals surface area contributed by atoms with Gasteiger partial charge in [-0.2, -0.15) is 5.10 Å². The Morgan fingerprint density at radius 3 is 2.35 bits per heavy atom. The van der Waals surface area contributed by atoms with Gasteiger partial charge in [-0.3, -0.25) is 19.1 Å². The second-order valence-corrected chi connectivity index (χ2v) is 6.84. The summed E-state index contributed by atoms with van der Waals surface area (Å²) >= 11 is 0. The number of carbonyl (C=O) groups excluding carboxylic acids is 2. The Bertz CT molecular complexity index is 803. The molecule has 0 bridgehead atoms. The molecule has 1 heterocycles. The predicted molar refractivity (Wildman–Crippen MR) is 96.0 cm³/mol. The van der Waals surface area contributed by atoms with E-state index in [4.69, 9.17) is 5.11 Å². The molecule has 0 aliphatic heterocycles. The van der Waals surface area contributed by atoms with Gasteiger partial charge in [-0.25, -0.2) is 0 Å². The van der Waals surface area contributed by atoms with E-state index in [-0.39, 0.29) is 23.8 Å². The van der Waals surface area contributed by atoms with E-state index >= 15 is 0 Å². The van der Waals surface area contributed by atoms with Crippen molar-refractivity contribution in [1.29, 1.82) is 0 Å². The molecule has 0 saturated carbocycles. The molecule has 0 radical (unpaired) electrons. The van der Waals surface area contributed by atoms with E-state index in [0.717, 1.165) is 0 Å². The first-order valence-electron chi connectivity index (χ1n) is 8.09. The van der Waals surface area contributed by atoms with Gasteiger partial charge in [-0.15, -0.1) is 0 Å². The van der Waals surface area contributed by atoms with Crippen LogP contribution in [0.15, 0.2) is 36.7 Å². The molecule has 2 amide bonds. The third-order valence-electron chi connectivity index (χ3n) is 3.55. The van der Waals surface area contributed by atoms with Crippen LogP contribution in [0.3, 0.4) is 0 Å². The zero-order valence-electron chi connectivity index (χ0n) is 14.9. The number of anilines is 1. The van der Waals surface area contributed by atoms with Crippen molar-refractivity contribution in [1.82, 2.24) is 15.1 Å². The standard InChI is InChI=1S/C18H22N4O4/c1-18(2,3)22-11-13(9-20-22)17(26)21-14-6-4-12(5-7-14)8-15(23)19-10-16(24)25/h4-7,9,11H,8,10H2,1-3H3,(H,19,23)(H,21,26)(H,24,25). The quantitative estimate of drug-likeness (QED) is 0.726. The molecule has 2 aromatic rings. The average Bonchev–Trinajstić information content (AvgIpc) is 3.05. The Kier molecular flexibility index (Phi) is 5.76. The molecule has 1 aromatic heterocycles. The van der Waals surface area contributed by atoms with Crippen LogP contribution in [-0.2, 0) is 21.5 Å². The molecule has 0 fully saturated rings. The van der Waals surface area contributed by atoms with Crippen molar-refractivity contribution in [3.8, 4) is 0 Å². The summed E-state index contributed by atoms with van der Waals surface area (Å²) in [5.74, 6) is -1.74. The molecule has 1 aromatic carbocycles. The highest BCUT2D eigenvalue weighted by atomic mass is 16.4. The number of carboxylic acids is 1. The van der Waals surface area contributed by atoms with Gasteiger partial charge in [0.25, 0.3) is 5.91 Å². The van der Waals surface area contributed by atoms with Crippen LogP contribution < -0.4 is 10.6 Å². The van der Waals surface area contributed by atoms with Crippen LogP contribution in [0.1, 0.15) is 36.7 Å². The highest BCUT2D eigenvalue weighted by molar-refractivity contribution is 6.03. The zero-order chi connectivity index (χ0) is 19.3. The Balaban J connectivity index is 1.94. The Hall–Kier alpha value is -3.16. The van der Waals surface area contributed by atoms with Crippen molar-refractivity contribution in [3.05, 3.63) is 47.8 Å². The summed E-state index contributed by atoms with van der Waals surface area (Å²) in [5, 5.41) is 17.8.